The number of aromatic amines is 1. The molecule has 0 aliphatic rings. The van der Waals surface area contributed by atoms with Gasteiger partial charge in [-0.3, -0.25) is 5.10 Å². The Morgan fingerprint density at radius 3 is 3.00 bits per heavy atom. The first-order chi connectivity index (χ1) is 4.86. The molecule has 4 N–H and O–H groups in total. The summed E-state index contributed by atoms with van der Waals surface area (Å²) in [5.41, 5.74) is 7.10. The summed E-state index contributed by atoms with van der Waals surface area (Å²) in [6.07, 6.45) is 0.594. The number of H-pyrrole nitrogens is 1. The molecule has 0 atom stereocenters. The summed E-state index contributed by atoms with van der Waals surface area (Å²) in [7, 11) is 0. The number of nitrogens with one attached hydrogen (secondary N) is 1. The van der Waals surface area contributed by atoms with Crippen LogP contribution in [0, 0.1) is 0 Å². The van der Waals surface area contributed by atoms with Gasteiger partial charge < -0.3 is 10.8 Å². The molecule has 0 aromatic carbocycles. The van der Waals surface area contributed by atoms with Crippen LogP contribution in [0.2, 0.25) is 0 Å². The Kier molecular flexibility index (Phi) is 2.42. The molecule has 0 aliphatic carbocycles. The van der Waals surface area contributed by atoms with E-state index in [-0.39, 0.29) is 6.61 Å². The van der Waals surface area contributed by atoms with E-state index in [0.29, 0.717) is 13.0 Å². The SMILES string of the molecule is NCc1cc(CCO)n[nH]1. The molecular formula is C6H11N3O. The molecule has 4 nitrogen and oxygen atoms in total. The van der Waals surface area contributed by atoms with Crippen molar-refractivity contribution >= 4 is 0 Å². The molecule has 1 heterocycles. The van der Waals surface area contributed by atoms with Crippen LogP contribution in [0.1, 0.15) is 11.4 Å². The molecule has 0 amide bonds. The molecule has 0 radical (unpaired) electrons. The van der Waals surface area contributed by atoms with E-state index in [9.17, 15) is 0 Å². The average Bonchev–Trinajstić information content (AvgIpc) is 2.37. The van der Waals surface area contributed by atoms with Crippen molar-refractivity contribution in [3.63, 3.8) is 0 Å². The van der Waals surface area contributed by atoms with Gasteiger partial charge in [0.25, 0.3) is 0 Å². The third-order valence-corrected chi connectivity index (χ3v) is 1.27. The number of nitrogens with zero attached hydrogens (tertiary/aromatic N) is 1. The lowest BCUT2D eigenvalue weighted by Crippen LogP contribution is -1.95. The maximum Gasteiger partial charge on any atom is 0.0648 e. The summed E-state index contributed by atoms with van der Waals surface area (Å²) in [6, 6.07) is 1.86. The normalized spacial score (nSPS) is 10.2. The van der Waals surface area contributed by atoms with Gasteiger partial charge in [0.15, 0.2) is 0 Å². The van der Waals surface area contributed by atoms with Crippen molar-refractivity contribution < 1.29 is 5.11 Å². The minimum Gasteiger partial charge on any atom is -0.396 e. The first-order valence-corrected chi connectivity index (χ1v) is 3.21. The maximum absolute atomic E-state index is 8.52. The van der Waals surface area contributed by atoms with Crippen LogP contribution in [-0.2, 0) is 13.0 Å². The molecule has 4 heteroatoms. The van der Waals surface area contributed by atoms with Gasteiger partial charge in [-0.25, -0.2) is 0 Å². The fraction of sp³-hybridized carbons (Fsp3) is 0.500. The van der Waals surface area contributed by atoms with Crippen LogP contribution in [0.15, 0.2) is 6.07 Å². The Labute approximate surface area is 59.1 Å². The second-order valence-electron chi connectivity index (χ2n) is 2.06. The van der Waals surface area contributed by atoms with Crippen LogP contribution in [0.3, 0.4) is 0 Å². The largest absolute Gasteiger partial charge is 0.396 e. The highest BCUT2D eigenvalue weighted by Gasteiger charge is 1.96. The molecule has 1 aromatic heterocycles. The van der Waals surface area contributed by atoms with Crippen LogP contribution in [-0.4, -0.2) is 21.9 Å². The van der Waals surface area contributed by atoms with Gasteiger partial charge in [0, 0.05) is 25.3 Å². The van der Waals surface area contributed by atoms with Gasteiger partial charge in [-0.05, 0) is 6.07 Å². The molecule has 56 valence electrons. The third kappa shape index (κ3) is 1.55. The van der Waals surface area contributed by atoms with E-state index in [1.54, 1.807) is 0 Å². The molecule has 0 saturated heterocycles. The van der Waals surface area contributed by atoms with Crippen molar-refractivity contribution in [1.29, 1.82) is 0 Å². The fourth-order valence-electron chi connectivity index (χ4n) is 0.756. The van der Waals surface area contributed by atoms with Gasteiger partial charge in [0.05, 0.1) is 5.69 Å². The maximum atomic E-state index is 8.52. The van der Waals surface area contributed by atoms with E-state index < -0.39 is 0 Å². The lowest BCUT2D eigenvalue weighted by atomic mass is 10.3. The number of aliphatic hydroxyl groups excluding tert-OH is 1. The molecule has 1 aromatic rings. The minimum absolute atomic E-state index is 0.134. The van der Waals surface area contributed by atoms with Gasteiger partial charge >= 0.3 is 0 Å². The highest BCUT2D eigenvalue weighted by atomic mass is 16.3. The molecule has 0 saturated carbocycles. The van der Waals surface area contributed by atoms with Crippen LogP contribution >= 0.6 is 0 Å². The van der Waals surface area contributed by atoms with E-state index in [1.807, 2.05) is 6.07 Å². The van der Waals surface area contributed by atoms with Crippen molar-refractivity contribution in [2.75, 3.05) is 6.61 Å². The third-order valence-electron chi connectivity index (χ3n) is 1.27. The highest BCUT2D eigenvalue weighted by molar-refractivity contribution is 5.07. The lowest BCUT2D eigenvalue weighted by Gasteiger charge is -1.85. The Morgan fingerprint density at radius 2 is 2.50 bits per heavy atom. The Morgan fingerprint density at radius 1 is 1.70 bits per heavy atom. The smallest absolute Gasteiger partial charge is 0.0648 e. The molecule has 0 bridgehead atoms. The van der Waals surface area contributed by atoms with E-state index in [0.717, 1.165) is 11.4 Å². The molecule has 0 aliphatic heterocycles. The minimum atomic E-state index is 0.134. The van der Waals surface area contributed by atoms with Crippen molar-refractivity contribution in [2.24, 2.45) is 5.73 Å². The van der Waals surface area contributed by atoms with E-state index in [1.165, 1.54) is 0 Å². The summed E-state index contributed by atoms with van der Waals surface area (Å²) >= 11 is 0. The number of hydrogen-bond acceptors (Lipinski definition) is 3. The average molecular weight is 141 g/mol. The number of rotatable bonds is 3. The second kappa shape index (κ2) is 3.34. The monoisotopic (exact) mass is 141 g/mol. The zero-order chi connectivity index (χ0) is 7.40. The summed E-state index contributed by atoms with van der Waals surface area (Å²) in [4.78, 5) is 0. The van der Waals surface area contributed by atoms with Gasteiger partial charge in [-0.2, -0.15) is 5.10 Å². The van der Waals surface area contributed by atoms with E-state index in [2.05, 4.69) is 10.2 Å². The first-order valence-electron chi connectivity index (χ1n) is 3.21. The van der Waals surface area contributed by atoms with Crippen LogP contribution in [0.4, 0.5) is 0 Å². The second-order valence-corrected chi connectivity index (χ2v) is 2.06. The molecule has 0 unspecified atom stereocenters. The lowest BCUT2D eigenvalue weighted by molar-refractivity contribution is 0.298. The van der Waals surface area contributed by atoms with Crippen LogP contribution < -0.4 is 5.73 Å². The topological polar surface area (TPSA) is 74.9 Å². The van der Waals surface area contributed by atoms with Crippen LogP contribution in [0.5, 0.6) is 0 Å². The van der Waals surface area contributed by atoms with Crippen LogP contribution in [0.25, 0.3) is 0 Å². The van der Waals surface area contributed by atoms with Gasteiger partial charge in [0.1, 0.15) is 0 Å². The number of hydrogen-bond donors (Lipinski definition) is 3. The number of aromatic nitrogens is 2. The molecule has 0 spiro atoms. The Balaban J connectivity index is 2.59. The molecule has 0 fully saturated rings. The number of aliphatic hydroxyl groups is 1. The van der Waals surface area contributed by atoms with E-state index >= 15 is 0 Å². The Bertz CT molecular complexity index is 197. The quantitative estimate of drug-likeness (QED) is 0.526. The highest BCUT2D eigenvalue weighted by Crippen LogP contribution is 1.97. The Hall–Kier alpha value is -0.870. The zero-order valence-electron chi connectivity index (χ0n) is 5.67. The first kappa shape index (κ1) is 7.24. The predicted molar refractivity (Wildman–Crippen MR) is 37.3 cm³/mol. The zero-order valence-corrected chi connectivity index (χ0v) is 5.67. The van der Waals surface area contributed by atoms with Crippen molar-refractivity contribution in [1.82, 2.24) is 10.2 Å². The van der Waals surface area contributed by atoms with E-state index in [4.69, 9.17) is 10.8 Å². The molecule has 1 rings (SSSR count). The summed E-state index contributed by atoms with van der Waals surface area (Å²) in [5, 5.41) is 15.2. The van der Waals surface area contributed by atoms with Gasteiger partial charge in [0.2, 0.25) is 0 Å². The summed E-state index contributed by atoms with van der Waals surface area (Å²) in [6.45, 7) is 0.604. The van der Waals surface area contributed by atoms with Gasteiger partial charge in [-0.1, -0.05) is 0 Å². The van der Waals surface area contributed by atoms with Crippen molar-refractivity contribution in [3.05, 3.63) is 17.5 Å². The molecule has 10 heavy (non-hydrogen) atoms. The standard InChI is InChI=1S/C6H11N3O/c7-4-6-3-5(1-2-10)8-9-6/h3,10H,1-2,4,7H2,(H,8,9). The molecular weight excluding hydrogens is 130 g/mol. The fourth-order valence-corrected chi connectivity index (χ4v) is 0.756. The number of nitrogens with two attached hydrogens (primary N) is 1. The van der Waals surface area contributed by atoms with Gasteiger partial charge in [-0.15, -0.1) is 0 Å². The predicted octanol–water partition coefficient (Wildman–Crippen LogP) is -0.597. The summed E-state index contributed by atoms with van der Waals surface area (Å²) < 4.78 is 0. The van der Waals surface area contributed by atoms with Crippen molar-refractivity contribution in [3.8, 4) is 0 Å². The van der Waals surface area contributed by atoms with Crippen molar-refractivity contribution in [2.45, 2.75) is 13.0 Å². The summed E-state index contributed by atoms with van der Waals surface area (Å²) in [5.74, 6) is 0.